The molecule has 1 unspecified atom stereocenters. The van der Waals surface area contributed by atoms with Crippen LogP contribution in [0.5, 0.6) is 5.75 Å². The number of para-hydroxylation sites is 1. The normalized spacial score (nSPS) is 18.9. The number of carbonyl (C=O) groups excluding carboxylic acids is 1. The zero-order valence-electron chi connectivity index (χ0n) is 11.0. The third-order valence-electron chi connectivity index (χ3n) is 3.48. The maximum atomic E-state index is 12.4. The second-order valence-electron chi connectivity index (χ2n) is 4.92. The molecule has 1 aliphatic rings. The molecule has 1 amide bonds. The second kappa shape index (κ2) is 5.46. The lowest BCUT2D eigenvalue weighted by Gasteiger charge is -2.23. The molecule has 20 heavy (non-hydrogen) atoms. The standard InChI is InChI=1S/C15H16N2O3/c18-13-8-16-12-6-2-1-5-11(12)14(13)15(19)17-10-4-3-7-20-9-10/h1-2,5-6,8,10,18H,3-4,7,9H2,(H,17,19). The van der Waals surface area contributed by atoms with Gasteiger partial charge in [0.1, 0.15) is 5.75 Å². The molecule has 2 heterocycles. The summed E-state index contributed by atoms with van der Waals surface area (Å²) in [6.45, 7) is 1.27. The molecule has 3 rings (SSSR count). The summed E-state index contributed by atoms with van der Waals surface area (Å²) < 4.78 is 5.35. The summed E-state index contributed by atoms with van der Waals surface area (Å²) in [6, 6.07) is 7.28. The van der Waals surface area contributed by atoms with Crippen LogP contribution in [0.25, 0.3) is 10.9 Å². The number of fused-ring (bicyclic) bond motifs is 1. The van der Waals surface area contributed by atoms with E-state index in [0.29, 0.717) is 17.5 Å². The molecular formula is C15H16N2O3. The van der Waals surface area contributed by atoms with Crippen LogP contribution in [0, 0.1) is 0 Å². The first kappa shape index (κ1) is 12.9. The van der Waals surface area contributed by atoms with E-state index >= 15 is 0 Å². The third kappa shape index (κ3) is 2.44. The SMILES string of the molecule is O=C(NC1CCCOC1)c1c(O)cnc2ccccc12. The van der Waals surface area contributed by atoms with Crippen LogP contribution in [0.1, 0.15) is 23.2 Å². The maximum Gasteiger partial charge on any atom is 0.256 e. The average Bonchev–Trinajstić information content (AvgIpc) is 2.48. The van der Waals surface area contributed by atoms with Gasteiger partial charge in [0.15, 0.2) is 0 Å². The third-order valence-corrected chi connectivity index (χ3v) is 3.48. The van der Waals surface area contributed by atoms with E-state index in [9.17, 15) is 9.90 Å². The minimum atomic E-state index is -0.281. The van der Waals surface area contributed by atoms with Crippen molar-refractivity contribution in [2.75, 3.05) is 13.2 Å². The smallest absolute Gasteiger partial charge is 0.256 e. The number of nitrogens with one attached hydrogen (secondary N) is 1. The molecule has 1 aromatic heterocycles. The fourth-order valence-electron chi connectivity index (χ4n) is 2.48. The monoisotopic (exact) mass is 272 g/mol. The summed E-state index contributed by atoms with van der Waals surface area (Å²) >= 11 is 0. The van der Waals surface area contributed by atoms with Crippen LogP contribution in [0.3, 0.4) is 0 Å². The van der Waals surface area contributed by atoms with Gasteiger partial charge in [-0.1, -0.05) is 18.2 Å². The van der Waals surface area contributed by atoms with E-state index in [4.69, 9.17) is 4.74 Å². The van der Waals surface area contributed by atoms with Gasteiger partial charge in [0.25, 0.3) is 5.91 Å². The van der Waals surface area contributed by atoms with Gasteiger partial charge < -0.3 is 15.2 Å². The van der Waals surface area contributed by atoms with Gasteiger partial charge in [0.2, 0.25) is 0 Å². The average molecular weight is 272 g/mol. The van der Waals surface area contributed by atoms with Crippen LogP contribution in [0.2, 0.25) is 0 Å². The van der Waals surface area contributed by atoms with Crippen molar-refractivity contribution in [3.8, 4) is 5.75 Å². The largest absolute Gasteiger partial charge is 0.505 e. The van der Waals surface area contributed by atoms with E-state index in [1.54, 1.807) is 6.07 Å². The van der Waals surface area contributed by atoms with Gasteiger partial charge in [-0.3, -0.25) is 9.78 Å². The molecule has 1 aliphatic heterocycles. The number of rotatable bonds is 2. The number of nitrogens with zero attached hydrogens (tertiary/aromatic N) is 1. The van der Waals surface area contributed by atoms with Gasteiger partial charge in [-0.25, -0.2) is 0 Å². The van der Waals surface area contributed by atoms with Crippen LogP contribution in [-0.4, -0.2) is 35.3 Å². The molecule has 1 saturated heterocycles. The zero-order valence-corrected chi connectivity index (χ0v) is 11.0. The Bertz CT molecular complexity index is 636. The number of pyridine rings is 1. The molecule has 1 fully saturated rings. The highest BCUT2D eigenvalue weighted by atomic mass is 16.5. The van der Waals surface area contributed by atoms with Crippen molar-refractivity contribution in [1.29, 1.82) is 0 Å². The number of hydrogen-bond acceptors (Lipinski definition) is 4. The quantitative estimate of drug-likeness (QED) is 0.875. The second-order valence-corrected chi connectivity index (χ2v) is 4.92. The predicted octanol–water partition coefficient (Wildman–Crippen LogP) is 1.85. The van der Waals surface area contributed by atoms with Gasteiger partial charge in [-0.2, -0.15) is 0 Å². The predicted molar refractivity (Wildman–Crippen MR) is 74.7 cm³/mol. The van der Waals surface area contributed by atoms with Gasteiger partial charge in [0, 0.05) is 12.0 Å². The summed E-state index contributed by atoms with van der Waals surface area (Å²) in [5.74, 6) is -0.380. The van der Waals surface area contributed by atoms with Crippen molar-refractivity contribution in [2.45, 2.75) is 18.9 Å². The van der Waals surface area contributed by atoms with Gasteiger partial charge in [-0.15, -0.1) is 0 Å². The molecule has 2 aromatic rings. The van der Waals surface area contributed by atoms with Crippen molar-refractivity contribution in [3.63, 3.8) is 0 Å². The first-order chi connectivity index (χ1) is 9.75. The van der Waals surface area contributed by atoms with Crippen molar-refractivity contribution in [1.82, 2.24) is 10.3 Å². The van der Waals surface area contributed by atoms with Crippen molar-refractivity contribution >= 4 is 16.8 Å². The minimum Gasteiger partial charge on any atom is -0.505 e. The number of aromatic nitrogens is 1. The summed E-state index contributed by atoms with van der Waals surface area (Å²) in [6.07, 6.45) is 3.15. The molecule has 1 aromatic carbocycles. The van der Waals surface area contributed by atoms with E-state index in [1.807, 2.05) is 18.2 Å². The minimum absolute atomic E-state index is 0.00239. The van der Waals surface area contributed by atoms with E-state index in [-0.39, 0.29) is 23.3 Å². The van der Waals surface area contributed by atoms with Crippen LogP contribution in [0.15, 0.2) is 30.5 Å². The number of amides is 1. The highest BCUT2D eigenvalue weighted by molar-refractivity contribution is 6.08. The zero-order chi connectivity index (χ0) is 13.9. The van der Waals surface area contributed by atoms with Gasteiger partial charge in [-0.05, 0) is 18.9 Å². The molecular weight excluding hydrogens is 256 g/mol. The highest BCUT2D eigenvalue weighted by Gasteiger charge is 2.21. The van der Waals surface area contributed by atoms with Crippen molar-refractivity contribution in [2.24, 2.45) is 0 Å². The number of carbonyl (C=O) groups is 1. The van der Waals surface area contributed by atoms with Crippen LogP contribution < -0.4 is 5.32 Å². The Morgan fingerprint density at radius 3 is 3.05 bits per heavy atom. The molecule has 5 heteroatoms. The molecule has 0 saturated carbocycles. The Morgan fingerprint density at radius 2 is 2.25 bits per heavy atom. The molecule has 0 radical (unpaired) electrons. The number of ether oxygens (including phenoxy) is 1. The molecule has 0 spiro atoms. The Morgan fingerprint density at radius 1 is 1.40 bits per heavy atom. The highest BCUT2D eigenvalue weighted by Crippen LogP contribution is 2.25. The summed E-state index contributed by atoms with van der Waals surface area (Å²) in [7, 11) is 0. The summed E-state index contributed by atoms with van der Waals surface area (Å²) in [5.41, 5.74) is 0.969. The first-order valence-corrected chi connectivity index (χ1v) is 6.71. The van der Waals surface area contributed by atoms with E-state index in [1.165, 1.54) is 6.20 Å². The van der Waals surface area contributed by atoms with Gasteiger partial charge >= 0.3 is 0 Å². The van der Waals surface area contributed by atoms with Crippen LogP contribution in [-0.2, 0) is 4.74 Å². The summed E-state index contributed by atoms with van der Waals surface area (Å²) in [4.78, 5) is 16.5. The first-order valence-electron chi connectivity index (χ1n) is 6.71. The Hall–Kier alpha value is -2.14. The van der Waals surface area contributed by atoms with Crippen LogP contribution in [0.4, 0.5) is 0 Å². The van der Waals surface area contributed by atoms with Crippen molar-refractivity contribution < 1.29 is 14.6 Å². The van der Waals surface area contributed by atoms with E-state index in [0.717, 1.165) is 19.4 Å². The van der Waals surface area contributed by atoms with Crippen LogP contribution >= 0.6 is 0 Å². The Kier molecular flexibility index (Phi) is 3.52. The Balaban J connectivity index is 1.92. The van der Waals surface area contributed by atoms with E-state index < -0.39 is 0 Å². The molecule has 1 atom stereocenters. The fraction of sp³-hybridized carbons (Fsp3) is 0.333. The Labute approximate surface area is 116 Å². The molecule has 0 bridgehead atoms. The number of hydrogen-bond donors (Lipinski definition) is 2. The number of aromatic hydroxyl groups is 1. The molecule has 0 aliphatic carbocycles. The molecule has 104 valence electrons. The fourth-order valence-corrected chi connectivity index (χ4v) is 2.48. The number of benzene rings is 1. The van der Waals surface area contributed by atoms with Gasteiger partial charge in [0.05, 0.1) is 29.9 Å². The topological polar surface area (TPSA) is 71.5 Å². The summed E-state index contributed by atoms with van der Waals surface area (Å²) in [5, 5.41) is 13.5. The van der Waals surface area contributed by atoms with Crippen molar-refractivity contribution in [3.05, 3.63) is 36.0 Å². The molecule has 5 nitrogen and oxygen atoms in total. The lowest BCUT2D eigenvalue weighted by molar-refractivity contribution is 0.0623. The molecule has 2 N–H and O–H groups in total. The lowest BCUT2D eigenvalue weighted by atomic mass is 10.1. The lowest BCUT2D eigenvalue weighted by Crippen LogP contribution is -2.40. The maximum absolute atomic E-state index is 12.4. The van der Waals surface area contributed by atoms with E-state index in [2.05, 4.69) is 10.3 Å².